The highest BCUT2D eigenvalue weighted by Gasteiger charge is 2.10. The predicted octanol–water partition coefficient (Wildman–Crippen LogP) is 2.56. The van der Waals surface area contributed by atoms with Gasteiger partial charge in [-0.05, 0) is 30.7 Å². The second kappa shape index (κ2) is 6.11. The lowest BCUT2D eigenvalue weighted by Gasteiger charge is -2.04. The number of nitrogens with two attached hydrogens (primary N) is 1. The Morgan fingerprint density at radius 2 is 2.15 bits per heavy atom. The van der Waals surface area contributed by atoms with Crippen LogP contribution in [0.25, 0.3) is 11.8 Å². The molecule has 0 saturated heterocycles. The quantitative estimate of drug-likeness (QED) is 0.516. The molecule has 7 nitrogen and oxygen atoms in total. The predicted molar refractivity (Wildman–Crippen MR) is 76.9 cm³/mol. The third-order valence-corrected chi connectivity index (χ3v) is 3.12. The molecule has 0 saturated carbocycles. The number of rotatable bonds is 5. The van der Waals surface area contributed by atoms with E-state index in [0.29, 0.717) is 22.5 Å². The van der Waals surface area contributed by atoms with E-state index in [4.69, 9.17) is 10.5 Å². The zero-order valence-electron chi connectivity index (χ0n) is 10.6. The summed E-state index contributed by atoms with van der Waals surface area (Å²) in [6.07, 6.45) is 1.74. The van der Waals surface area contributed by atoms with Crippen LogP contribution in [0, 0.1) is 10.1 Å². The van der Waals surface area contributed by atoms with Crippen molar-refractivity contribution in [3.05, 3.63) is 45.0 Å². The number of aromatic nitrogens is 2. The van der Waals surface area contributed by atoms with Gasteiger partial charge < -0.3 is 10.5 Å². The first-order valence-corrected chi connectivity index (χ1v) is 6.60. The van der Waals surface area contributed by atoms with E-state index in [0.717, 1.165) is 5.56 Å². The van der Waals surface area contributed by atoms with Gasteiger partial charge in [-0.15, -0.1) is 10.2 Å². The van der Waals surface area contributed by atoms with E-state index in [1.807, 2.05) is 6.92 Å². The van der Waals surface area contributed by atoms with Crippen LogP contribution in [0.2, 0.25) is 0 Å². The molecule has 0 bridgehead atoms. The largest absolute Gasteiger partial charge is 0.491 e. The first-order chi connectivity index (χ1) is 9.60. The van der Waals surface area contributed by atoms with Crippen LogP contribution in [0.4, 0.5) is 10.8 Å². The summed E-state index contributed by atoms with van der Waals surface area (Å²) in [6.45, 7) is 2.33. The molecule has 2 rings (SSSR count). The number of hydrogen-bond donors (Lipinski definition) is 1. The second-order valence-electron chi connectivity index (χ2n) is 3.74. The molecule has 0 aliphatic rings. The molecule has 0 atom stereocenters. The van der Waals surface area contributed by atoms with Crippen molar-refractivity contribution < 1.29 is 9.66 Å². The molecule has 104 valence electrons. The van der Waals surface area contributed by atoms with Crippen molar-refractivity contribution in [2.45, 2.75) is 6.92 Å². The Hall–Kier alpha value is -2.48. The molecule has 8 heteroatoms. The zero-order valence-corrected chi connectivity index (χ0v) is 11.5. The smallest absolute Gasteiger partial charge is 0.269 e. The highest BCUT2D eigenvalue weighted by Crippen LogP contribution is 2.24. The lowest BCUT2D eigenvalue weighted by Crippen LogP contribution is -1.92. The highest BCUT2D eigenvalue weighted by molar-refractivity contribution is 7.16. The zero-order chi connectivity index (χ0) is 14.5. The molecular formula is C12H12N4O3S. The van der Waals surface area contributed by atoms with Gasteiger partial charge in [-0.1, -0.05) is 11.3 Å². The molecule has 1 heterocycles. The molecule has 2 aromatic rings. The first-order valence-electron chi connectivity index (χ1n) is 5.78. The fourth-order valence-electron chi connectivity index (χ4n) is 1.50. The second-order valence-corrected chi connectivity index (χ2v) is 4.74. The summed E-state index contributed by atoms with van der Waals surface area (Å²) < 4.78 is 5.50. The van der Waals surface area contributed by atoms with Crippen molar-refractivity contribution >= 4 is 34.0 Å². The highest BCUT2D eigenvalue weighted by atomic mass is 32.1. The van der Waals surface area contributed by atoms with Crippen molar-refractivity contribution in [1.82, 2.24) is 10.2 Å². The van der Waals surface area contributed by atoms with Crippen LogP contribution in [-0.2, 0) is 4.74 Å². The van der Waals surface area contributed by atoms with E-state index in [1.54, 1.807) is 18.2 Å². The molecule has 0 amide bonds. The summed E-state index contributed by atoms with van der Waals surface area (Å²) in [5.74, 6) is 0.538. The molecule has 2 N–H and O–H groups in total. The van der Waals surface area contributed by atoms with Crippen LogP contribution in [0.1, 0.15) is 17.5 Å². The van der Waals surface area contributed by atoms with Crippen LogP contribution >= 0.6 is 11.3 Å². The van der Waals surface area contributed by atoms with Gasteiger partial charge in [0.25, 0.3) is 5.69 Å². The summed E-state index contributed by atoms with van der Waals surface area (Å²) in [6, 6.07) is 6.15. The van der Waals surface area contributed by atoms with E-state index in [9.17, 15) is 10.1 Å². The maximum Gasteiger partial charge on any atom is 0.269 e. The van der Waals surface area contributed by atoms with Crippen LogP contribution in [0.3, 0.4) is 0 Å². The van der Waals surface area contributed by atoms with E-state index in [2.05, 4.69) is 10.2 Å². The summed E-state index contributed by atoms with van der Waals surface area (Å²) in [4.78, 5) is 10.2. The lowest BCUT2D eigenvalue weighted by atomic mass is 10.2. The van der Waals surface area contributed by atoms with E-state index >= 15 is 0 Å². The minimum Gasteiger partial charge on any atom is -0.491 e. The maximum absolute atomic E-state index is 10.6. The van der Waals surface area contributed by atoms with E-state index in [1.165, 1.54) is 23.5 Å². The van der Waals surface area contributed by atoms with Crippen LogP contribution in [0.5, 0.6) is 0 Å². The Balaban J connectivity index is 2.30. The van der Waals surface area contributed by atoms with Crippen molar-refractivity contribution in [3.63, 3.8) is 0 Å². The molecule has 0 radical (unpaired) electrons. The number of nitro benzene ring substituents is 1. The van der Waals surface area contributed by atoms with Gasteiger partial charge in [-0.3, -0.25) is 10.1 Å². The topological polar surface area (TPSA) is 104 Å². The maximum atomic E-state index is 10.6. The van der Waals surface area contributed by atoms with Gasteiger partial charge >= 0.3 is 0 Å². The third kappa shape index (κ3) is 3.29. The van der Waals surface area contributed by atoms with Gasteiger partial charge in [0.05, 0.1) is 11.5 Å². The standard InChI is InChI=1S/C12H12N4O3S/c1-2-19-10(11-14-15-12(13)20-11)7-8-3-5-9(6-4-8)16(17)18/h3-7H,2H2,1H3,(H2,13,15)/b10-7-. The summed E-state index contributed by atoms with van der Waals surface area (Å²) in [7, 11) is 0. The number of nitrogen functional groups attached to an aromatic ring is 1. The Bertz CT molecular complexity index is 636. The number of nitrogens with zero attached hydrogens (tertiary/aromatic N) is 3. The number of ether oxygens (including phenoxy) is 1. The van der Waals surface area contributed by atoms with Crippen LogP contribution < -0.4 is 5.73 Å². The number of non-ortho nitro benzene ring substituents is 1. The van der Waals surface area contributed by atoms with Crippen molar-refractivity contribution in [3.8, 4) is 0 Å². The summed E-state index contributed by atoms with van der Waals surface area (Å²) >= 11 is 1.22. The Morgan fingerprint density at radius 1 is 1.45 bits per heavy atom. The first kappa shape index (κ1) is 13.9. The van der Waals surface area contributed by atoms with Gasteiger partial charge in [-0.2, -0.15) is 0 Å². The summed E-state index contributed by atoms with van der Waals surface area (Å²) in [5, 5.41) is 19.2. The van der Waals surface area contributed by atoms with Gasteiger partial charge in [0.2, 0.25) is 5.13 Å². The Kier molecular flexibility index (Phi) is 4.26. The number of anilines is 1. The Labute approximate surface area is 118 Å². The van der Waals surface area contributed by atoms with Gasteiger partial charge in [-0.25, -0.2) is 0 Å². The van der Waals surface area contributed by atoms with Crippen LogP contribution in [0.15, 0.2) is 24.3 Å². The average Bonchev–Trinajstić information content (AvgIpc) is 2.85. The molecule has 0 unspecified atom stereocenters. The molecule has 1 aromatic heterocycles. The third-order valence-electron chi connectivity index (χ3n) is 2.35. The van der Waals surface area contributed by atoms with Crippen LogP contribution in [-0.4, -0.2) is 21.7 Å². The number of nitro groups is 1. The number of hydrogen-bond acceptors (Lipinski definition) is 7. The van der Waals surface area contributed by atoms with E-state index in [-0.39, 0.29) is 5.69 Å². The SMILES string of the molecule is CCO/C(=C\c1ccc([N+](=O)[O-])cc1)c1nnc(N)s1. The van der Waals surface area contributed by atoms with Crippen molar-refractivity contribution in [2.24, 2.45) is 0 Å². The van der Waals surface area contributed by atoms with Gasteiger partial charge in [0.1, 0.15) is 0 Å². The minimum absolute atomic E-state index is 0.0419. The molecule has 0 aliphatic heterocycles. The van der Waals surface area contributed by atoms with E-state index < -0.39 is 4.92 Å². The molecule has 0 spiro atoms. The molecular weight excluding hydrogens is 280 g/mol. The summed E-state index contributed by atoms with van der Waals surface area (Å²) in [5.41, 5.74) is 6.36. The van der Waals surface area contributed by atoms with Gasteiger partial charge in [0.15, 0.2) is 10.8 Å². The average molecular weight is 292 g/mol. The lowest BCUT2D eigenvalue weighted by molar-refractivity contribution is -0.384. The van der Waals surface area contributed by atoms with Crippen molar-refractivity contribution in [1.29, 1.82) is 0 Å². The molecule has 0 aliphatic carbocycles. The molecule has 20 heavy (non-hydrogen) atoms. The fourth-order valence-corrected chi connectivity index (χ4v) is 2.08. The van der Waals surface area contributed by atoms with Crippen molar-refractivity contribution in [2.75, 3.05) is 12.3 Å². The minimum atomic E-state index is -0.442. The van der Waals surface area contributed by atoms with Gasteiger partial charge in [0, 0.05) is 12.1 Å². The molecule has 0 fully saturated rings. The fraction of sp³-hybridized carbons (Fsp3) is 0.167. The normalized spacial score (nSPS) is 11.3. The molecule has 1 aromatic carbocycles. The monoisotopic (exact) mass is 292 g/mol. The Morgan fingerprint density at radius 3 is 2.65 bits per heavy atom. The number of benzene rings is 1.